The summed E-state index contributed by atoms with van der Waals surface area (Å²) in [6, 6.07) is 3.53. The van der Waals surface area contributed by atoms with E-state index in [0.717, 1.165) is 5.56 Å². The molecule has 0 aromatic carbocycles. The van der Waals surface area contributed by atoms with Crippen molar-refractivity contribution >= 4 is 11.6 Å². The van der Waals surface area contributed by atoms with Crippen LogP contribution in [-0.4, -0.2) is 18.6 Å². The van der Waals surface area contributed by atoms with Gasteiger partial charge in [-0.15, -0.1) is 0 Å². The lowest BCUT2D eigenvalue weighted by atomic mass is 10.2. The van der Waals surface area contributed by atoms with Crippen LogP contribution in [0.25, 0.3) is 4.85 Å². The fourth-order valence-electron chi connectivity index (χ4n) is 0.990. The first-order valence-electron chi connectivity index (χ1n) is 3.80. The first-order chi connectivity index (χ1) is 6.27. The summed E-state index contributed by atoms with van der Waals surface area (Å²) < 4.78 is 5.02. The Labute approximate surface area is 82.1 Å². The summed E-state index contributed by atoms with van der Waals surface area (Å²) in [5.74, 6) is 0.510. The molecule has 0 saturated heterocycles. The van der Waals surface area contributed by atoms with Crippen molar-refractivity contribution in [3.63, 3.8) is 0 Å². The number of nitrogens with zero attached hydrogens (tertiary/aromatic N) is 2. The van der Waals surface area contributed by atoms with Crippen LogP contribution >= 0.6 is 11.6 Å². The van der Waals surface area contributed by atoms with Gasteiger partial charge < -0.3 is 9.58 Å². The second-order valence-corrected chi connectivity index (χ2v) is 2.82. The highest BCUT2D eigenvalue weighted by atomic mass is 35.5. The minimum Gasteiger partial charge on any atom is -0.481 e. The van der Waals surface area contributed by atoms with Crippen molar-refractivity contribution in [1.82, 2.24) is 4.98 Å². The van der Waals surface area contributed by atoms with E-state index in [0.29, 0.717) is 24.0 Å². The molecule has 0 spiro atoms. The fraction of sp³-hybridized carbons (Fsp3) is 0.333. The largest absolute Gasteiger partial charge is 0.481 e. The lowest BCUT2D eigenvalue weighted by Crippen LogP contribution is -1.96. The number of halogens is 1. The predicted molar refractivity (Wildman–Crippen MR) is 51.0 cm³/mol. The predicted octanol–water partition coefficient (Wildman–Crippen LogP) is 2.21. The van der Waals surface area contributed by atoms with E-state index in [1.54, 1.807) is 13.2 Å². The van der Waals surface area contributed by atoms with Crippen LogP contribution in [0.3, 0.4) is 0 Å². The number of hydrogen-bond donors (Lipinski definition) is 0. The Morgan fingerprint density at radius 2 is 2.38 bits per heavy atom. The van der Waals surface area contributed by atoms with Gasteiger partial charge in [0.2, 0.25) is 12.4 Å². The van der Waals surface area contributed by atoms with E-state index in [1.807, 2.05) is 6.07 Å². The minimum absolute atomic E-state index is 0.406. The molecule has 0 aliphatic rings. The van der Waals surface area contributed by atoms with Gasteiger partial charge in [0, 0.05) is 5.56 Å². The van der Waals surface area contributed by atoms with E-state index in [9.17, 15) is 0 Å². The Morgan fingerprint density at radius 3 is 3.00 bits per heavy atom. The van der Waals surface area contributed by atoms with Gasteiger partial charge >= 0.3 is 0 Å². The summed E-state index contributed by atoms with van der Waals surface area (Å²) in [4.78, 5) is 7.25. The summed E-state index contributed by atoms with van der Waals surface area (Å²) >= 11 is 5.68. The van der Waals surface area contributed by atoms with E-state index in [4.69, 9.17) is 22.9 Å². The van der Waals surface area contributed by atoms with Crippen molar-refractivity contribution in [2.24, 2.45) is 0 Å². The first kappa shape index (κ1) is 9.82. The van der Waals surface area contributed by atoms with Gasteiger partial charge in [0.25, 0.3) is 0 Å². The summed E-state index contributed by atoms with van der Waals surface area (Å²) in [7, 11) is 1.54. The smallest absolute Gasteiger partial charge is 0.218 e. The van der Waals surface area contributed by atoms with Gasteiger partial charge in [-0.2, -0.15) is 0 Å². The number of aromatic nitrogens is 1. The third-order valence-corrected chi connectivity index (χ3v) is 1.80. The molecule has 1 aromatic heterocycles. The standard InChI is InChI=1S/C9H9ClN2O/c1-11-6-5-7-3-4-8(10)12-9(7)13-2/h3-4H,5-6H2,2H3. The summed E-state index contributed by atoms with van der Waals surface area (Å²) in [6.45, 7) is 7.10. The average molecular weight is 197 g/mol. The van der Waals surface area contributed by atoms with Crippen LogP contribution in [0.4, 0.5) is 0 Å². The van der Waals surface area contributed by atoms with Gasteiger partial charge in [0.15, 0.2) is 0 Å². The van der Waals surface area contributed by atoms with E-state index in [-0.39, 0.29) is 0 Å². The molecule has 0 atom stereocenters. The van der Waals surface area contributed by atoms with Crippen LogP contribution in [0.2, 0.25) is 5.15 Å². The van der Waals surface area contributed by atoms with Crippen molar-refractivity contribution in [1.29, 1.82) is 0 Å². The van der Waals surface area contributed by atoms with Crippen molar-refractivity contribution in [3.05, 3.63) is 34.3 Å². The molecule has 4 heteroatoms. The van der Waals surface area contributed by atoms with Gasteiger partial charge in [-0.25, -0.2) is 11.6 Å². The van der Waals surface area contributed by atoms with Gasteiger partial charge in [-0.1, -0.05) is 17.7 Å². The summed E-state index contributed by atoms with van der Waals surface area (Å²) in [5, 5.41) is 0.406. The molecule has 68 valence electrons. The highest BCUT2D eigenvalue weighted by Crippen LogP contribution is 2.18. The van der Waals surface area contributed by atoms with Crippen LogP contribution in [0.1, 0.15) is 5.56 Å². The molecule has 0 radical (unpaired) electrons. The number of ether oxygens (including phenoxy) is 1. The van der Waals surface area contributed by atoms with Crippen LogP contribution in [0, 0.1) is 6.57 Å². The minimum atomic E-state index is 0.406. The monoisotopic (exact) mass is 196 g/mol. The van der Waals surface area contributed by atoms with E-state index in [1.165, 1.54) is 0 Å². The molecular weight excluding hydrogens is 188 g/mol. The molecule has 0 N–H and O–H groups in total. The molecule has 0 amide bonds. The molecule has 0 unspecified atom stereocenters. The van der Waals surface area contributed by atoms with Crippen LogP contribution < -0.4 is 4.74 Å². The molecular formula is C9H9ClN2O. The maximum Gasteiger partial charge on any atom is 0.218 e. The molecule has 0 aliphatic heterocycles. The molecule has 1 aromatic rings. The van der Waals surface area contributed by atoms with Crippen LogP contribution in [-0.2, 0) is 6.42 Å². The van der Waals surface area contributed by atoms with E-state index >= 15 is 0 Å². The number of methoxy groups -OCH3 is 1. The van der Waals surface area contributed by atoms with Crippen molar-refractivity contribution in [3.8, 4) is 5.88 Å². The number of hydrogen-bond acceptors (Lipinski definition) is 2. The molecule has 0 aliphatic carbocycles. The SMILES string of the molecule is [C-]#[N+]CCc1ccc(Cl)nc1OC. The Morgan fingerprint density at radius 1 is 1.62 bits per heavy atom. The third-order valence-electron chi connectivity index (χ3n) is 1.59. The normalized spacial score (nSPS) is 9.31. The average Bonchev–Trinajstić information content (AvgIpc) is 2.16. The topological polar surface area (TPSA) is 26.5 Å². The van der Waals surface area contributed by atoms with Crippen LogP contribution in [0.15, 0.2) is 12.1 Å². The Bertz CT molecular complexity index is 333. The molecule has 0 saturated carbocycles. The zero-order chi connectivity index (χ0) is 9.68. The number of pyridine rings is 1. The quantitative estimate of drug-likeness (QED) is 0.547. The van der Waals surface area contributed by atoms with Crippen molar-refractivity contribution in [2.75, 3.05) is 13.7 Å². The van der Waals surface area contributed by atoms with Gasteiger partial charge in [0.05, 0.1) is 13.5 Å². The van der Waals surface area contributed by atoms with Gasteiger partial charge in [-0.05, 0) is 6.07 Å². The van der Waals surface area contributed by atoms with Gasteiger partial charge in [0.1, 0.15) is 5.15 Å². The summed E-state index contributed by atoms with van der Waals surface area (Å²) in [6.07, 6.45) is 0.650. The lowest BCUT2D eigenvalue weighted by molar-refractivity contribution is 0.393. The summed E-state index contributed by atoms with van der Waals surface area (Å²) in [5.41, 5.74) is 0.919. The maximum absolute atomic E-state index is 6.66. The number of rotatable bonds is 3. The maximum atomic E-state index is 6.66. The van der Waals surface area contributed by atoms with Crippen molar-refractivity contribution < 1.29 is 4.74 Å². The molecule has 1 rings (SSSR count). The zero-order valence-corrected chi connectivity index (χ0v) is 8.01. The van der Waals surface area contributed by atoms with Crippen LogP contribution in [0.5, 0.6) is 5.88 Å². The Kier molecular flexibility index (Phi) is 3.53. The molecule has 3 nitrogen and oxygen atoms in total. The molecule has 0 fully saturated rings. The first-order valence-corrected chi connectivity index (χ1v) is 4.18. The second-order valence-electron chi connectivity index (χ2n) is 2.43. The van der Waals surface area contributed by atoms with Crippen molar-refractivity contribution in [2.45, 2.75) is 6.42 Å². The highest BCUT2D eigenvalue weighted by molar-refractivity contribution is 6.29. The Hall–Kier alpha value is -1.27. The molecule has 13 heavy (non-hydrogen) atoms. The zero-order valence-electron chi connectivity index (χ0n) is 7.25. The fourth-order valence-corrected chi connectivity index (χ4v) is 1.13. The van der Waals surface area contributed by atoms with Gasteiger partial charge in [-0.3, -0.25) is 0 Å². The molecule has 1 heterocycles. The highest BCUT2D eigenvalue weighted by Gasteiger charge is 2.05. The third kappa shape index (κ3) is 2.60. The second kappa shape index (κ2) is 4.68. The van der Waals surface area contributed by atoms with E-state index in [2.05, 4.69) is 9.83 Å². The molecule has 0 bridgehead atoms. The Balaban J connectivity index is 2.87. The van der Waals surface area contributed by atoms with E-state index < -0.39 is 0 Å². The lowest BCUT2D eigenvalue weighted by Gasteiger charge is -2.04.